The predicted molar refractivity (Wildman–Crippen MR) is 129 cm³/mol. The van der Waals surface area contributed by atoms with Crippen LogP contribution in [-0.2, 0) is 21.4 Å². The number of aromatic nitrogens is 2. The van der Waals surface area contributed by atoms with Gasteiger partial charge in [0.2, 0.25) is 11.9 Å². The van der Waals surface area contributed by atoms with E-state index < -0.39 is 10.0 Å². The number of nitrogens with zero attached hydrogens (tertiary/aromatic N) is 6. The van der Waals surface area contributed by atoms with Crippen LogP contribution >= 0.6 is 11.3 Å². The lowest BCUT2D eigenvalue weighted by Gasteiger charge is -2.35. The molecule has 33 heavy (non-hydrogen) atoms. The lowest BCUT2D eigenvalue weighted by molar-refractivity contribution is -0.119. The maximum atomic E-state index is 13.1. The number of piperazine rings is 2. The summed E-state index contributed by atoms with van der Waals surface area (Å²) in [6.45, 7) is 9.46. The van der Waals surface area contributed by atoms with Crippen molar-refractivity contribution >= 4 is 39.0 Å². The molecule has 12 heteroatoms. The Morgan fingerprint density at radius 2 is 1.70 bits per heavy atom. The molecule has 0 spiro atoms. The summed E-state index contributed by atoms with van der Waals surface area (Å²) in [7, 11) is -1.44. The lowest BCUT2D eigenvalue weighted by Crippen LogP contribution is -2.49. The quantitative estimate of drug-likeness (QED) is 0.629. The number of rotatable bonds is 6. The van der Waals surface area contributed by atoms with Gasteiger partial charge < -0.3 is 20.0 Å². The molecule has 2 aliphatic rings. The second kappa shape index (κ2) is 9.92. The molecule has 180 valence electrons. The third-order valence-corrected chi connectivity index (χ3v) is 9.37. The molecule has 4 heterocycles. The fourth-order valence-corrected chi connectivity index (χ4v) is 6.81. The minimum absolute atomic E-state index is 0.141. The van der Waals surface area contributed by atoms with E-state index in [-0.39, 0.29) is 5.91 Å². The number of hydrogen-bond acceptors (Lipinski definition) is 9. The Labute approximate surface area is 199 Å². The Morgan fingerprint density at radius 1 is 1.03 bits per heavy atom. The topological polar surface area (TPSA) is 102 Å². The summed E-state index contributed by atoms with van der Waals surface area (Å²) in [6, 6.07) is 5.39. The smallest absolute Gasteiger partial charge is 0.252 e. The summed E-state index contributed by atoms with van der Waals surface area (Å²) >= 11 is 1.20. The molecule has 0 saturated carbocycles. The molecular formula is C21H31N7O3S2. The first kappa shape index (κ1) is 23.9. The van der Waals surface area contributed by atoms with E-state index in [4.69, 9.17) is 4.98 Å². The Balaban J connectivity index is 1.41. The van der Waals surface area contributed by atoms with Crippen LogP contribution in [0.15, 0.2) is 22.4 Å². The first-order chi connectivity index (χ1) is 15.7. The fraction of sp³-hybridized carbons (Fsp3) is 0.571. The van der Waals surface area contributed by atoms with Crippen molar-refractivity contribution < 1.29 is 13.2 Å². The van der Waals surface area contributed by atoms with Crippen molar-refractivity contribution in [3.8, 4) is 0 Å². The SMILES string of the molecule is CC(=O)NCc1ccc(S(=O)(=O)N2CCN(c3nc(C)cc(N4CCN(C)CC4)n3)CC2)s1. The second-order valence-corrected chi connectivity index (χ2v) is 11.8. The zero-order valence-corrected chi connectivity index (χ0v) is 21.0. The number of carbonyl (C=O) groups is 1. The molecule has 2 fully saturated rings. The first-order valence-electron chi connectivity index (χ1n) is 11.1. The number of nitrogens with one attached hydrogen (secondary N) is 1. The Hall–Kier alpha value is -2.28. The normalized spacial score (nSPS) is 18.5. The lowest BCUT2D eigenvalue weighted by atomic mass is 10.3. The molecule has 1 N–H and O–H groups in total. The van der Waals surface area contributed by atoms with Crippen LogP contribution in [0.3, 0.4) is 0 Å². The largest absolute Gasteiger partial charge is 0.354 e. The van der Waals surface area contributed by atoms with Gasteiger partial charge in [-0.1, -0.05) is 0 Å². The molecule has 0 bridgehead atoms. The highest BCUT2D eigenvalue weighted by atomic mass is 32.2. The molecule has 2 aromatic rings. The van der Waals surface area contributed by atoms with Crippen LogP contribution in [0.5, 0.6) is 0 Å². The fourth-order valence-electron chi connectivity index (χ4n) is 3.93. The maximum Gasteiger partial charge on any atom is 0.252 e. The molecule has 0 aliphatic carbocycles. The number of amides is 1. The van der Waals surface area contributed by atoms with E-state index >= 15 is 0 Å². The summed E-state index contributed by atoms with van der Waals surface area (Å²) < 4.78 is 28.1. The molecule has 10 nitrogen and oxygen atoms in total. The van der Waals surface area contributed by atoms with Crippen molar-refractivity contribution in [1.82, 2.24) is 24.5 Å². The van der Waals surface area contributed by atoms with Crippen molar-refractivity contribution in [3.63, 3.8) is 0 Å². The standard InChI is InChI=1S/C21H31N7O3S2/c1-16-14-19(26-8-6-25(3)7-9-26)24-21(23-16)27-10-12-28(13-11-27)33(30,31)20-5-4-18(32-20)15-22-17(2)29/h4-5,14H,6-13,15H2,1-3H3,(H,22,29). The van der Waals surface area contributed by atoms with E-state index in [1.54, 1.807) is 12.1 Å². The second-order valence-electron chi connectivity index (χ2n) is 8.48. The summed E-state index contributed by atoms with van der Waals surface area (Å²) in [5, 5.41) is 2.70. The zero-order valence-electron chi connectivity index (χ0n) is 19.3. The highest BCUT2D eigenvalue weighted by molar-refractivity contribution is 7.91. The van der Waals surface area contributed by atoms with Gasteiger partial charge in [0.15, 0.2) is 0 Å². The van der Waals surface area contributed by atoms with E-state index in [2.05, 4.69) is 32.0 Å². The first-order valence-corrected chi connectivity index (χ1v) is 13.4. The molecular weight excluding hydrogens is 462 g/mol. The van der Waals surface area contributed by atoms with Crippen LogP contribution in [0.4, 0.5) is 11.8 Å². The summed E-state index contributed by atoms with van der Waals surface area (Å²) in [5.74, 6) is 1.46. The van der Waals surface area contributed by atoms with Crippen molar-refractivity contribution in [2.75, 3.05) is 69.2 Å². The van der Waals surface area contributed by atoms with Crippen LogP contribution in [0.1, 0.15) is 17.5 Å². The Morgan fingerprint density at radius 3 is 2.36 bits per heavy atom. The number of hydrogen-bond donors (Lipinski definition) is 1. The van der Waals surface area contributed by atoms with E-state index in [0.717, 1.165) is 42.6 Å². The highest BCUT2D eigenvalue weighted by Gasteiger charge is 2.31. The maximum absolute atomic E-state index is 13.1. The van der Waals surface area contributed by atoms with Gasteiger partial charge in [0.05, 0.1) is 6.54 Å². The number of aryl methyl sites for hydroxylation is 1. The van der Waals surface area contributed by atoms with Crippen molar-refractivity contribution in [2.24, 2.45) is 0 Å². The van der Waals surface area contributed by atoms with Crippen LogP contribution in [0.2, 0.25) is 0 Å². The predicted octanol–water partition coefficient (Wildman–Crippen LogP) is 0.745. The Bertz CT molecular complexity index is 1090. The van der Waals surface area contributed by atoms with Crippen LogP contribution in [-0.4, -0.2) is 92.9 Å². The monoisotopic (exact) mass is 493 g/mol. The van der Waals surface area contributed by atoms with Gasteiger partial charge in [-0.2, -0.15) is 9.29 Å². The van der Waals surface area contributed by atoms with Crippen molar-refractivity contribution in [1.29, 1.82) is 0 Å². The number of thiophene rings is 1. The van der Waals surface area contributed by atoms with Crippen molar-refractivity contribution in [3.05, 3.63) is 28.8 Å². The van der Waals surface area contributed by atoms with Crippen molar-refractivity contribution in [2.45, 2.75) is 24.6 Å². The van der Waals surface area contributed by atoms with Gasteiger partial charge in [0.1, 0.15) is 10.0 Å². The molecule has 0 unspecified atom stereocenters. The molecule has 2 aromatic heterocycles. The Kier molecular flexibility index (Phi) is 7.17. The number of anilines is 2. The minimum atomic E-state index is -3.57. The van der Waals surface area contributed by atoms with Crippen LogP contribution in [0, 0.1) is 6.92 Å². The highest BCUT2D eigenvalue weighted by Crippen LogP contribution is 2.27. The molecule has 1 amide bonds. The van der Waals surface area contributed by atoms with Crippen LogP contribution in [0.25, 0.3) is 0 Å². The molecule has 0 radical (unpaired) electrons. The van der Waals surface area contributed by atoms with E-state index in [0.29, 0.717) is 42.9 Å². The molecule has 2 saturated heterocycles. The minimum Gasteiger partial charge on any atom is -0.354 e. The third kappa shape index (κ3) is 5.62. The summed E-state index contributed by atoms with van der Waals surface area (Å²) in [6.07, 6.45) is 0. The molecule has 0 aromatic carbocycles. The van der Waals surface area contributed by atoms with Gasteiger partial charge in [0, 0.05) is 75.9 Å². The summed E-state index contributed by atoms with van der Waals surface area (Å²) in [4.78, 5) is 28.0. The van der Waals surface area contributed by atoms with Gasteiger partial charge in [-0.3, -0.25) is 4.79 Å². The van der Waals surface area contributed by atoms with Crippen LogP contribution < -0.4 is 15.1 Å². The summed E-state index contributed by atoms with van der Waals surface area (Å²) in [5.41, 5.74) is 0.911. The molecule has 0 atom stereocenters. The van der Waals surface area contributed by atoms with E-state index in [1.807, 2.05) is 13.0 Å². The van der Waals surface area contributed by atoms with Gasteiger partial charge in [0.25, 0.3) is 10.0 Å². The zero-order chi connectivity index (χ0) is 23.6. The van der Waals surface area contributed by atoms with Gasteiger partial charge >= 0.3 is 0 Å². The molecule has 2 aliphatic heterocycles. The average Bonchev–Trinajstić information content (AvgIpc) is 3.28. The van der Waals surface area contributed by atoms with Gasteiger partial charge in [-0.15, -0.1) is 11.3 Å². The van der Waals surface area contributed by atoms with Gasteiger partial charge in [-0.25, -0.2) is 13.4 Å². The number of sulfonamides is 1. The van der Waals surface area contributed by atoms with Gasteiger partial charge in [-0.05, 0) is 26.1 Å². The van der Waals surface area contributed by atoms with E-state index in [1.165, 1.54) is 22.6 Å². The van der Waals surface area contributed by atoms with E-state index in [9.17, 15) is 13.2 Å². The number of likely N-dealkylation sites (N-methyl/N-ethyl adjacent to an activating group) is 1. The third-order valence-electron chi connectivity index (χ3n) is 5.92. The molecule has 4 rings (SSSR count). The average molecular weight is 494 g/mol. The number of carbonyl (C=O) groups excluding carboxylic acids is 1.